The van der Waals surface area contributed by atoms with Crippen molar-refractivity contribution < 1.29 is 16.9 Å². The third-order valence-electron chi connectivity index (χ3n) is 4.71. The van der Waals surface area contributed by atoms with Gasteiger partial charge in [-0.2, -0.15) is 0 Å². The van der Waals surface area contributed by atoms with Gasteiger partial charge in [-0.15, -0.1) is 11.6 Å². The van der Waals surface area contributed by atoms with Crippen molar-refractivity contribution in [3.8, 4) is 0 Å². The number of quaternary nitrogens is 1. The predicted molar refractivity (Wildman–Crippen MR) is 107 cm³/mol. The van der Waals surface area contributed by atoms with Crippen molar-refractivity contribution in [2.24, 2.45) is 0 Å². The number of nitrogens with zero attached hydrogens (tertiary/aromatic N) is 1. The summed E-state index contributed by atoms with van der Waals surface area (Å²) < 4.78 is 1.12. The van der Waals surface area contributed by atoms with Gasteiger partial charge in [-0.1, -0.05) is 83.5 Å². The highest BCUT2D eigenvalue weighted by Crippen LogP contribution is 2.14. The highest BCUT2D eigenvalue weighted by molar-refractivity contribution is 6.17. The zero-order valence-electron chi connectivity index (χ0n) is 16.9. The van der Waals surface area contributed by atoms with E-state index in [1.807, 2.05) is 0 Å². The Morgan fingerprint density at radius 3 is 0.958 bits per heavy atom. The van der Waals surface area contributed by atoms with Crippen LogP contribution >= 0.6 is 11.6 Å². The first-order chi connectivity index (χ1) is 11.1. The minimum atomic E-state index is 0. The SMILES string of the molecule is C[N+](C)(C)CCCCCCCCCCCCCCCCCCCl.[Cl-]. The maximum Gasteiger partial charge on any atom is 0.0780 e. The van der Waals surface area contributed by atoms with Gasteiger partial charge in [0, 0.05) is 5.88 Å². The third-order valence-corrected chi connectivity index (χ3v) is 4.98. The zero-order chi connectivity index (χ0) is 17.2. The molecule has 0 aliphatic rings. The Kier molecular flexibility index (Phi) is 22.1. The van der Waals surface area contributed by atoms with E-state index in [2.05, 4.69) is 21.1 Å². The Balaban J connectivity index is 0. The van der Waals surface area contributed by atoms with Crippen LogP contribution in [0, 0.1) is 0 Å². The molecule has 24 heavy (non-hydrogen) atoms. The molecule has 0 atom stereocenters. The Bertz CT molecular complexity index is 226. The average molecular weight is 383 g/mol. The third kappa shape index (κ3) is 24.8. The van der Waals surface area contributed by atoms with Gasteiger partial charge in [-0.05, 0) is 19.3 Å². The number of halogens is 2. The van der Waals surface area contributed by atoms with Gasteiger partial charge < -0.3 is 16.9 Å². The number of hydrogen-bond donors (Lipinski definition) is 0. The summed E-state index contributed by atoms with van der Waals surface area (Å²) in [5, 5.41) is 0. The maximum atomic E-state index is 5.68. The first-order valence-electron chi connectivity index (χ1n) is 10.4. The minimum Gasteiger partial charge on any atom is -1.00 e. The highest BCUT2D eigenvalue weighted by atomic mass is 35.5. The van der Waals surface area contributed by atoms with E-state index in [1.165, 1.54) is 109 Å². The van der Waals surface area contributed by atoms with Crippen molar-refractivity contribution in [2.75, 3.05) is 33.6 Å². The molecule has 3 heteroatoms. The summed E-state index contributed by atoms with van der Waals surface area (Å²) in [5.74, 6) is 0.843. The smallest absolute Gasteiger partial charge is 0.0780 e. The summed E-state index contributed by atoms with van der Waals surface area (Å²) in [5.41, 5.74) is 0. The lowest BCUT2D eigenvalue weighted by molar-refractivity contribution is -0.870. The van der Waals surface area contributed by atoms with Crippen LogP contribution in [0.4, 0.5) is 0 Å². The summed E-state index contributed by atoms with van der Waals surface area (Å²) in [6, 6.07) is 0. The van der Waals surface area contributed by atoms with Crippen molar-refractivity contribution in [1.29, 1.82) is 0 Å². The molecular formula is C21H45Cl2N. The van der Waals surface area contributed by atoms with Crippen molar-refractivity contribution in [1.82, 2.24) is 0 Å². The van der Waals surface area contributed by atoms with Gasteiger partial charge in [-0.3, -0.25) is 0 Å². The Morgan fingerprint density at radius 1 is 0.458 bits per heavy atom. The number of alkyl halides is 1. The van der Waals surface area contributed by atoms with Gasteiger partial charge in [0.05, 0.1) is 27.7 Å². The molecule has 0 fully saturated rings. The monoisotopic (exact) mass is 381 g/mol. The normalized spacial score (nSPS) is 11.5. The molecule has 0 radical (unpaired) electrons. The van der Waals surface area contributed by atoms with Crippen molar-refractivity contribution in [2.45, 2.75) is 103 Å². The van der Waals surface area contributed by atoms with Gasteiger partial charge >= 0.3 is 0 Å². The molecule has 0 aliphatic carbocycles. The largest absolute Gasteiger partial charge is 1.00 e. The van der Waals surface area contributed by atoms with Crippen LogP contribution < -0.4 is 12.4 Å². The molecule has 0 amide bonds. The molecule has 148 valence electrons. The first-order valence-corrected chi connectivity index (χ1v) is 11.0. The van der Waals surface area contributed by atoms with Gasteiger partial charge in [0.2, 0.25) is 0 Å². The summed E-state index contributed by atoms with van der Waals surface area (Å²) in [6.45, 7) is 1.33. The Labute approximate surface area is 164 Å². The summed E-state index contributed by atoms with van der Waals surface area (Å²) >= 11 is 5.68. The molecule has 0 N–H and O–H groups in total. The predicted octanol–water partition coefficient (Wildman–Crippen LogP) is 4.18. The van der Waals surface area contributed by atoms with E-state index in [1.54, 1.807) is 0 Å². The lowest BCUT2D eigenvalue weighted by Gasteiger charge is -2.23. The molecule has 0 bridgehead atoms. The van der Waals surface area contributed by atoms with E-state index < -0.39 is 0 Å². The van der Waals surface area contributed by atoms with E-state index in [4.69, 9.17) is 11.6 Å². The molecule has 0 saturated heterocycles. The molecule has 0 aromatic heterocycles. The number of rotatable bonds is 18. The molecule has 0 saturated carbocycles. The van der Waals surface area contributed by atoms with Crippen LogP contribution in [0.5, 0.6) is 0 Å². The highest BCUT2D eigenvalue weighted by Gasteiger charge is 2.04. The first kappa shape index (κ1) is 26.8. The second-order valence-corrected chi connectivity index (χ2v) is 8.74. The molecule has 0 heterocycles. The Hall–Kier alpha value is 0.540. The zero-order valence-corrected chi connectivity index (χ0v) is 18.4. The fraction of sp³-hybridized carbons (Fsp3) is 1.00. The number of unbranched alkanes of at least 4 members (excludes halogenated alkanes) is 15. The average Bonchev–Trinajstić information content (AvgIpc) is 2.49. The molecule has 0 spiro atoms. The number of hydrogen-bond acceptors (Lipinski definition) is 0. The van der Waals surface area contributed by atoms with Crippen LogP contribution in [0.2, 0.25) is 0 Å². The van der Waals surface area contributed by atoms with Crippen molar-refractivity contribution >= 4 is 11.6 Å². The quantitative estimate of drug-likeness (QED) is 0.190. The molecular weight excluding hydrogens is 337 g/mol. The van der Waals surface area contributed by atoms with E-state index in [9.17, 15) is 0 Å². The van der Waals surface area contributed by atoms with E-state index in [0.29, 0.717) is 0 Å². The van der Waals surface area contributed by atoms with Crippen LogP contribution in [0.15, 0.2) is 0 Å². The van der Waals surface area contributed by atoms with Gasteiger partial charge in [-0.25, -0.2) is 0 Å². The lowest BCUT2D eigenvalue weighted by atomic mass is 10.0. The van der Waals surface area contributed by atoms with Crippen LogP contribution in [0.3, 0.4) is 0 Å². The molecule has 0 aromatic carbocycles. The van der Waals surface area contributed by atoms with E-state index in [-0.39, 0.29) is 12.4 Å². The molecule has 0 unspecified atom stereocenters. The van der Waals surface area contributed by atoms with Gasteiger partial charge in [0.15, 0.2) is 0 Å². The minimum absolute atomic E-state index is 0. The van der Waals surface area contributed by atoms with Crippen molar-refractivity contribution in [3.63, 3.8) is 0 Å². The fourth-order valence-corrected chi connectivity index (χ4v) is 3.34. The van der Waals surface area contributed by atoms with Crippen LogP contribution in [0.25, 0.3) is 0 Å². The molecule has 0 rings (SSSR count). The summed E-state index contributed by atoms with van der Waals surface area (Å²) in [7, 11) is 6.88. The topological polar surface area (TPSA) is 0 Å². The molecule has 1 nitrogen and oxygen atoms in total. The molecule has 0 aromatic rings. The van der Waals surface area contributed by atoms with Gasteiger partial charge in [0.1, 0.15) is 0 Å². The van der Waals surface area contributed by atoms with Gasteiger partial charge in [0.25, 0.3) is 0 Å². The van der Waals surface area contributed by atoms with Crippen molar-refractivity contribution in [3.05, 3.63) is 0 Å². The second kappa shape index (κ2) is 19.9. The van der Waals surface area contributed by atoms with E-state index in [0.717, 1.165) is 10.4 Å². The molecule has 0 aliphatic heterocycles. The second-order valence-electron chi connectivity index (χ2n) is 8.36. The summed E-state index contributed by atoms with van der Waals surface area (Å²) in [4.78, 5) is 0. The standard InChI is InChI=1S/C21H45ClN.ClH/c1-23(2,3)21-19-17-15-13-11-9-7-5-4-6-8-10-12-14-16-18-20-22;/h4-21H2,1-3H3;1H/q+1;/p-1. The van der Waals surface area contributed by atoms with Crippen LogP contribution in [-0.4, -0.2) is 38.1 Å². The van der Waals surface area contributed by atoms with Crippen LogP contribution in [-0.2, 0) is 0 Å². The van der Waals surface area contributed by atoms with E-state index >= 15 is 0 Å². The summed E-state index contributed by atoms with van der Waals surface area (Å²) in [6.07, 6.45) is 22.8. The fourth-order valence-electron chi connectivity index (χ4n) is 3.16. The lowest BCUT2D eigenvalue weighted by Crippen LogP contribution is -3.00. The maximum absolute atomic E-state index is 5.68. The Morgan fingerprint density at radius 2 is 0.708 bits per heavy atom. The van der Waals surface area contributed by atoms with Crippen LogP contribution in [0.1, 0.15) is 103 Å².